The van der Waals surface area contributed by atoms with Crippen LogP contribution in [0.4, 0.5) is 4.79 Å². The predicted molar refractivity (Wildman–Crippen MR) is 82.4 cm³/mol. The van der Waals surface area contributed by atoms with E-state index in [1.165, 1.54) is 0 Å². The van der Waals surface area contributed by atoms with Gasteiger partial charge in [-0.15, -0.1) is 0 Å². The van der Waals surface area contributed by atoms with E-state index in [9.17, 15) is 9.59 Å². The van der Waals surface area contributed by atoms with Crippen LogP contribution in [0.5, 0.6) is 0 Å². The van der Waals surface area contributed by atoms with Gasteiger partial charge in [0.05, 0.1) is 12.6 Å². The Kier molecular flexibility index (Phi) is 5.01. The smallest absolute Gasteiger partial charge is 0.319 e. The lowest BCUT2D eigenvalue weighted by Crippen LogP contribution is -2.51. The fourth-order valence-corrected chi connectivity index (χ4v) is 2.65. The van der Waals surface area contributed by atoms with E-state index in [1.54, 1.807) is 0 Å². The molecule has 0 aromatic heterocycles. The first-order valence-corrected chi connectivity index (χ1v) is 7.50. The summed E-state index contributed by atoms with van der Waals surface area (Å²) in [6.45, 7) is 6.06. The molecule has 6 heteroatoms. The highest BCUT2D eigenvalue weighted by Gasteiger charge is 2.38. The lowest BCUT2D eigenvalue weighted by molar-refractivity contribution is -0.148. The van der Waals surface area contributed by atoms with Crippen molar-refractivity contribution in [2.24, 2.45) is 5.92 Å². The van der Waals surface area contributed by atoms with Crippen molar-refractivity contribution < 1.29 is 14.3 Å². The fourth-order valence-electron chi connectivity index (χ4n) is 2.23. The molecule has 1 heterocycles. The summed E-state index contributed by atoms with van der Waals surface area (Å²) in [7, 11) is 0. The maximum Gasteiger partial charge on any atom is 0.319 e. The number of hydrogen-bond donors (Lipinski definition) is 2. The number of nitrogens with one attached hydrogen (secondary N) is 2. The van der Waals surface area contributed by atoms with Crippen molar-refractivity contribution >= 4 is 27.9 Å². The Morgan fingerprint density at radius 1 is 1.48 bits per heavy atom. The molecule has 1 saturated heterocycles. The lowest BCUT2D eigenvalue weighted by atomic mass is 9.89. The highest BCUT2D eigenvalue weighted by Crippen LogP contribution is 2.31. The molecule has 0 saturated carbocycles. The third-order valence-electron chi connectivity index (χ3n) is 3.18. The average molecular weight is 353 g/mol. The first-order valence-electron chi connectivity index (χ1n) is 6.71. The van der Waals surface area contributed by atoms with Gasteiger partial charge < -0.3 is 15.4 Å². The zero-order valence-corrected chi connectivity index (χ0v) is 13.3. The molecule has 0 radical (unpaired) electrons. The maximum absolute atomic E-state index is 12.3. The molecule has 2 rings (SSSR count). The quantitative estimate of drug-likeness (QED) is 0.818. The minimum absolute atomic E-state index is 0.349. The van der Waals surface area contributed by atoms with Gasteiger partial charge in [-0.05, 0) is 24.1 Å². The third kappa shape index (κ3) is 3.64. The van der Waals surface area contributed by atoms with Crippen molar-refractivity contribution in [3.8, 4) is 0 Å². The van der Waals surface area contributed by atoms with E-state index in [2.05, 4.69) is 33.1 Å². The second-order valence-electron chi connectivity index (χ2n) is 4.80. The summed E-state index contributed by atoms with van der Waals surface area (Å²) in [5, 5.41) is 5.31. The van der Waals surface area contributed by atoms with Crippen molar-refractivity contribution in [3.05, 3.63) is 46.6 Å². The van der Waals surface area contributed by atoms with Gasteiger partial charge in [-0.2, -0.15) is 0 Å². The molecule has 0 aliphatic carbocycles. The normalized spacial score (nSPS) is 21.4. The van der Waals surface area contributed by atoms with Gasteiger partial charge in [0.2, 0.25) is 0 Å². The Balaban J connectivity index is 2.30. The van der Waals surface area contributed by atoms with Crippen LogP contribution in [0.15, 0.2) is 41.0 Å². The van der Waals surface area contributed by atoms with Crippen molar-refractivity contribution in [1.82, 2.24) is 10.6 Å². The molecule has 0 bridgehead atoms. The van der Waals surface area contributed by atoms with Crippen LogP contribution in [0.2, 0.25) is 0 Å². The Morgan fingerprint density at radius 2 is 2.24 bits per heavy atom. The molecule has 1 fully saturated rings. The van der Waals surface area contributed by atoms with E-state index in [-0.39, 0.29) is 12.0 Å². The topological polar surface area (TPSA) is 67.4 Å². The molecule has 5 nitrogen and oxygen atoms in total. The summed E-state index contributed by atoms with van der Waals surface area (Å²) in [5.41, 5.74) is 1.17. The standard InChI is InChI=1S/C15H17BrN2O3/c1-3-7-21-14(19)12-9(2)17-15(20)18-13(12)10-5-4-6-11(16)8-10/h4-6,8,12-13H,2-3,7H2,1H3,(H2,17,18,20)/t12-,13-/m0/s1. The number of ether oxygens (including phenoxy) is 1. The lowest BCUT2D eigenvalue weighted by Gasteiger charge is -2.33. The SMILES string of the molecule is C=C1NC(=O)N[C@@H](c2cccc(Br)c2)[C@H]1C(=O)OCCC. The summed E-state index contributed by atoms with van der Waals surface area (Å²) in [6, 6.07) is 6.59. The van der Waals surface area contributed by atoms with Crippen molar-refractivity contribution in [2.75, 3.05) is 6.61 Å². The first kappa shape index (κ1) is 15.6. The van der Waals surface area contributed by atoms with Crippen molar-refractivity contribution in [3.63, 3.8) is 0 Å². The van der Waals surface area contributed by atoms with Crippen LogP contribution in [0.25, 0.3) is 0 Å². The Morgan fingerprint density at radius 3 is 2.90 bits per heavy atom. The van der Waals surface area contributed by atoms with E-state index < -0.39 is 12.0 Å². The molecule has 1 aliphatic heterocycles. The first-order chi connectivity index (χ1) is 10.0. The Labute approximate surface area is 131 Å². The fraction of sp³-hybridized carbons (Fsp3) is 0.333. The van der Waals surface area contributed by atoms with Crippen LogP contribution in [-0.4, -0.2) is 18.6 Å². The number of carbonyl (C=O) groups excluding carboxylic acids is 2. The molecule has 0 unspecified atom stereocenters. The van der Waals surface area contributed by atoms with E-state index in [0.717, 1.165) is 16.5 Å². The summed E-state index contributed by atoms with van der Waals surface area (Å²) >= 11 is 3.39. The van der Waals surface area contributed by atoms with Gasteiger partial charge in [0.15, 0.2) is 0 Å². The van der Waals surface area contributed by atoms with Crippen LogP contribution < -0.4 is 10.6 Å². The highest BCUT2D eigenvalue weighted by molar-refractivity contribution is 9.10. The minimum atomic E-state index is -0.649. The average Bonchev–Trinajstić information content (AvgIpc) is 2.44. The van der Waals surface area contributed by atoms with Gasteiger partial charge in [0, 0.05) is 10.2 Å². The highest BCUT2D eigenvalue weighted by atomic mass is 79.9. The molecular weight excluding hydrogens is 336 g/mol. The number of hydrogen-bond acceptors (Lipinski definition) is 3. The van der Waals surface area contributed by atoms with E-state index in [4.69, 9.17) is 4.74 Å². The molecule has 1 aromatic carbocycles. The Bertz CT molecular complexity index is 574. The van der Waals surface area contributed by atoms with Gasteiger partial charge >= 0.3 is 12.0 Å². The molecular formula is C15H17BrN2O3. The monoisotopic (exact) mass is 352 g/mol. The number of urea groups is 1. The van der Waals surface area contributed by atoms with Crippen LogP contribution in [0.3, 0.4) is 0 Å². The molecule has 2 atom stereocenters. The number of amides is 2. The van der Waals surface area contributed by atoms with Crippen LogP contribution in [0.1, 0.15) is 24.9 Å². The van der Waals surface area contributed by atoms with Gasteiger partial charge in [0.1, 0.15) is 5.92 Å². The molecule has 112 valence electrons. The Hall–Kier alpha value is -1.82. The van der Waals surface area contributed by atoms with Gasteiger partial charge in [-0.25, -0.2) is 4.79 Å². The van der Waals surface area contributed by atoms with Gasteiger partial charge in [0.25, 0.3) is 0 Å². The second kappa shape index (κ2) is 6.76. The largest absolute Gasteiger partial charge is 0.465 e. The van der Waals surface area contributed by atoms with Crippen molar-refractivity contribution in [2.45, 2.75) is 19.4 Å². The minimum Gasteiger partial charge on any atom is -0.465 e. The van der Waals surface area contributed by atoms with E-state index >= 15 is 0 Å². The van der Waals surface area contributed by atoms with E-state index in [0.29, 0.717) is 12.3 Å². The van der Waals surface area contributed by atoms with Gasteiger partial charge in [-0.1, -0.05) is 41.6 Å². The van der Waals surface area contributed by atoms with Crippen molar-refractivity contribution in [1.29, 1.82) is 0 Å². The van der Waals surface area contributed by atoms with Crippen LogP contribution in [0, 0.1) is 5.92 Å². The summed E-state index contributed by atoms with van der Waals surface area (Å²) in [4.78, 5) is 23.9. The summed E-state index contributed by atoms with van der Waals surface area (Å²) in [6.07, 6.45) is 0.742. The van der Waals surface area contributed by atoms with Crippen LogP contribution in [-0.2, 0) is 9.53 Å². The summed E-state index contributed by atoms with van der Waals surface area (Å²) < 4.78 is 6.09. The van der Waals surface area contributed by atoms with Crippen LogP contribution >= 0.6 is 15.9 Å². The molecule has 1 aromatic rings. The number of benzene rings is 1. The molecule has 2 amide bonds. The molecule has 1 aliphatic rings. The predicted octanol–water partition coefficient (Wildman–Crippen LogP) is 2.89. The zero-order chi connectivity index (χ0) is 15.4. The molecule has 2 N–H and O–H groups in total. The van der Waals surface area contributed by atoms with Gasteiger partial charge in [-0.3, -0.25) is 4.79 Å². The zero-order valence-electron chi connectivity index (χ0n) is 11.7. The molecule has 21 heavy (non-hydrogen) atoms. The number of esters is 1. The molecule has 0 spiro atoms. The third-order valence-corrected chi connectivity index (χ3v) is 3.67. The number of carbonyl (C=O) groups is 2. The van der Waals surface area contributed by atoms with E-state index in [1.807, 2.05) is 31.2 Å². The second-order valence-corrected chi connectivity index (χ2v) is 5.72. The number of halogens is 1. The summed E-state index contributed by atoms with van der Waals surface area (Å²) in [5.74, 6) is -1.04. The maximum atomic E-state index is 12.3. The number of rotatable bonds is 4.